The van der Waals surface area contributed by atoms with Gasteiger partial charge in [0.1, 0.15) is 5.54 Å². The third-order valence-electron chi connectivity index (χ3n) is 4.81. The zero-order valence-electron chi connectivity index (χ0n) is 11.4. The van der Waals surface area contributed by atoms with Crippen LogP contribution in [0.25, 0.3) is 0 Å². The smallest absolute Gasteiger partial charge is 0.158 e. The van der Waals surface area contributed by atoms with Crippen molar-refractivity contribution >= 4 is 5.78 Å². The van der Waals surface area contributed by atoms with Gasteiger partial charge in [-0.2, -0.15) is 0 Å². The van der Waals surface area contributed by atoms with E-state index in [-0.39, 0.29) is 17.3 Å². The average Bonchev–Trinajstić information content (AvgIpc) is 2.87. The number of hydrogen-bond donors (Lipinski definition) is 1. The molecule has 0 amide bonds. The van der Waals surface area contributed by atoms with Gasteiger partial charge in [-0.1, -0.05) is 0 Å². The molecular weight excluding hydrogens is 246 g/mol. The van der Waals surface area contributed by atoms with Crippen LogP contribution in [0.3, 0.4) is 0 Å². The van der Waals surface area contributed by atoms with Gasteiger partial charge in [-0.05, 0) is 32.1 Å². The van der Waals surface area contributed by atoms with Crippen LogP contribution in [0, 0.1) is 5.92 Å². The van der Waals surface area contributed by atoms with Crippen LogP contribution >= 0.6 is 0 Å². The van der Waals surface area contributed by atoms with Crippen molar-refractivity contribution < 1.29 is 19.0 Å². The molecular formula is C14H23NO4. The second-order valence-electron chi connectivity index (χ2n) is 6.16. The molecule has 1 spiro atoms. The van der Waals surface area contributed by atoms with Crippen LogP contribution in [-0.2, 0) is 19.0 Å². The van der Waals surface area contributed by atoms with Crippen molar-refractivity contribution in [2.24, 2.45) is 11.7 Å². The Morgan fingerprint density at radius 3 is 2.47 bits per heavy atom. The molecule has 0 radical (unpaired) electrons. The monoisotopic (exact) mass is 269 g/mol. The lowest BCUT2D eigenvalue weighted by Crippen LogP contribution is -2.55. The summed E-state index contributed by atoms with van der Waals surface area (Å²) in [7, 11) is 0. The maximum Gasteiger partial charge on any atom is 0.158 e. The number of rotatable bonds is 2. The van der Waals surface area contributed by atoms with Gasteiger partial charge in [0.05, 0.1) is 12.2 Å². The largest absolute Gasteiger partial charge is 0.381 e. The lowest BCUT2D eigenvalue weighted by Gasteiger charge is -2.44. The first-order chi connectivity index (χ1) is 9.14. The minimum atomic E-state index is -0.756. The van der Waals surface area contributed by atoms with Crippen LogP contribution < -0.4 is 5.73 Å². The quantitative estimate of drug-likeness (QED) is 0.797. The Kier molecular flexibility index (Phi) is 3.64. The van der Waals surface area contributed by atoms with Crippen molar-refractivity contribution in [3.8, 4) is 0 Å². The van der Waals surface area contributed by atoms with Gasteiger partial charge in [-0.15, -0.1) is 0 Å². The highest BCUT2D eigenvalue weighted by molar-refractivity contribution is 5.90. The summed E-state index contributed by atoms with van der Waals surface area (Å²) in [5.41, 5.74) is 5.31. The molecule has 3 heterocycles. The molecule has 0 aliphatic carbocycles. The Bertz CT molecular complexity index is 340. The van der Waals surface area contributed by atoms with Crippen LogP contribution in [0.4, 0.5) is 0 Å². The highest BCUT2D eigenvalue weighted by Gasteiger charge is 2.47. The molecule has 0 saturated carbocycles. The van der Waals surface area contributed by atoms with E-state index in [9.17, 15) is 4.79 Å². The fourth-order valence-corrected chi connectivity index (χ4v) is 3.53. The molecule has 5 heteroatoms. The highest BCUT2D eigenvalue weighted by atomic mass is 16.5. The number of nitrogens with two attached hydrogens (primary N) is 1. The molecule has 5 nitrogen and oxygen atoms in total. The van der Waals surface area contributed by atoms with Gasteiger partial charge in [0.2, 0.25) is 0 Å². The van der Waals surface area contributed by atoms with E-state index in [2.05, 4.69) is 0 Å². The van der Waals surface area contributed by atoms with Crippen LogP contribution in [0.5, 0.6) is 0 Å². The fourth-order valence-electron chi connectivity index (χ4n) is 3.53. The second-order valence-corrected chi connectivity index (χ2v) is 6.16. The molecule has 0 aromatic heterocycles. The van der Waals surface area contributed by atoms with Gasteiger partial charge in [0.15, 0.2) is 5.78 Å². The molecule has 2 N–H and O–H groups in total. The van der Waals surface area contributed by atoms with Crippen LogP contribution in [-0.4, -0.2) is 50.0 Å². The normalized spacial score (nSPS) is 38.5. The van der Waals surface area contributed by atoms with Crippen molar-refractivity contribution in [1.29, 1.82) is 0 Å². The van der Waals surface area contributed by atoms with E-state index in [0.29, 0.717) is 26.2 Å². The van der Waals surface area contributed by atoms with E-state index in [0.717, 1.165) is 38.9 Å². The van der Waals surface area contributed by atoms with E-state index in [1.807, 2.05) is 0 Å². The number of carbonyl (C=O) groups is 1. The van der Waals surface area contributed by atoms with E-state index in [4.69, 9.17) is 19.9 Å². The number of ether oxygens (including phenoxy) is 3. The Balaban J connectivity index is 1.69. The molecule has 2 atom stereocenters. The van der Waals surface area contributed by atoms with Crippen LogP contribution in [0.2, 0.25) is 0 Å². The first kappa shape index (κ1) is 13.5. The fraction of sp³-hybridized carbons (Fsp3) is 0.929. The highest BCUT2D eigenvalue weighted by Crippen LogP contribution is 2.39. The Morgan fingerprint density at radius 1 is 1.05 bits per heavy atom. The van der Waals surface area contributed by atoms with Crippen molar-refractivity contribution in [3.05, 3.63) is 0 Å². The van der Waals surface area contributed by atoms with Crippen molar-refractivity contribution in [2.75, 3.05) is 33.0 Å². The molecule has 3 saturated heterocycles. The SMILES string of the molecule is NC1(C(=O)C2CCOC3(CCOCC3)C2)CCOC1. The molecule has 2 unspecified atom stereocenters. The molecule has 3 aliphatic heterocycles. The summed E-state index contributed by atoms with van der Waals surface area (Å²) >= 11 is 0. The van der Waals surface area contributed by atoms with E-state index >= 15 is 0 Å². The van der Waals surface area contributed by atoms with Crippen molar-refractivity contribution in [2.45, 2.75) is 43.2 Å². The summed E-state index contributed by atoms with van der Waals surface area (Å²) in [6.07, 6.45) is 4.03. The minimum Gasteiger partial charge on any atom is -0.381 e. The summed E-state index contributed by atoms with van der Waals surface area (Å²) in [5.74, 6) is 0.206. The number of hydrogen-bond acceptors (Lipinski definition) is 5. The van der Waals surface area contributed by atoms with Crippen molar-refractivity contribution in [3.63, 3.8) is 0 Å². The molecule has 0 bridgehead atoms. The molecule has 3 aliphatic rings. The third kappa shape index (κ3) is 2.57. The predicted molar refractivity (Wildman–Crippen MR) is 68.8 cm³/mol. The van der Waals surface area contributed by atoms with Gasteiger partial charge >= 0.3 is 0 Å². The van der Waals surface area contributed by atoms with Gasteiger partial charge < -0.3 is 19.9 Å². The zero-order chi connectivity index (χ0) is 13.3. The summed E-state index contributed by atoms with van der Waals surface area (Å²) in [5, 5.41) is 0. The van der Waals surface area contributed by atoms with Gasteiger partial charge in [-0.25, -0.2) is 0 Å². The molecule has 3 rings (SSSR count). The maximum atomic E-state index is 12.7. The molecule has 3 fully saturated rings. The lowest BCUT2D eigenvalue weighted by molar-refractivity contribution is -0.159. The third-order valence-corrected chi connectivity index (χ3v) is 4.81. The number of ketones is 1. The Morgan fingerprint density at radius 2 is 1.79 bits per heavy atom. The Hall–Kier alpha value is -0.490. The number of Topliss-reactive ketones (excluding diaryl/α,β-unsaturated/α-hetero) is 1. The topological polar surface area (TPSA) is 70.8 Å². The predicted octanol–water partition coefficient (Wildman–Crippen LogP) is 0.649. The number of carbonyl (C=O) groups excluding carboxylic acids is 1. The Labute approximate surface area is 113 Å². The molecule has 0 aromatic rings. The maximum absolute atomic E-state index is 12.7. The average molecular weight is 269 g/mol. The summed E-state index contributed by atoms with van der Waals surface area (Å²) < 4.78 is 16.7. The first-order valence-electron chi connectivity index (χ1n) is 7.26. The van der Waals surface area contributed by atoms with E-state index in [1.165, 1.54) is 0 Å². The first-order valence-corrected chi connectivity index (χ1v) is 7.26. The van der Waals surface area contributed by atoms with Crippen LogP contribution in [0.1, 0.15) is 32.1 Å². The van der Waals surface area contributed by atoms with Gasteiger partial charge in [0, 0.05) is 32.3 Å². The molecule has 19 heavy (non-hydrogen) atoms. The summed E-state index contributed by atoms with van der Waals surface area (Å²) in [6.45, 7) is 3.10. The minimum absolute atomic E-state index is 0.0264. The lowest BCUT2D eigenvalue weighted by atomic mass is 9.74. The van der Waals surface area contributed by atoms with E-state index < -0.39 is 5.54 Å². The van der Waals surface area contributed by atoms with Crippen LogP contribution in [0.15, 0.2) is 0 Å². The summed E-state index contributed by atoms with van der Waals surface area (Å²) in [4.78, 5) is 12.7. The van der Waals surface area contributed by atoms with E-state index in [1.54, 1.807) is 0 Å². The summed E-state index contributed by atoms with van der Waals surface area (Å²) in [6, 6.07) is 0. The zero-order valence-corrected chi connectivity index (χ0v) is 11.4. The standard InChI is InChI=1S/C14H23NO4/c15-14(4-8-18-10-14)12(16)11-1-5-19-13(9-11)2-6-17-7-3-13/h11H,1-10,15H2. The van der Waals surface area contributed by atoms with Gasteiger partial charge in [-0.3, -0.25) is 4.79 Å². The molecule has 0 aromatic carbocycles. The van der Waals surface area contributed by atoms with Crippen molar-refractivity contribution in [1.82, 2.24) is 0 Å². The van der Waals surface area contributed by atoms with Gasteiger partial charge in [0.25, 0.3) is 0 Å². The molecule has 108 valence electrons. The second kappa shape index (κ2) is 5.13.